The first kappa shape index (κ1) is 43.2. The number of para-hydroxylation sites is 3. The minimum atomic E-state index is -0.870. The molecule has 5 rings (SSSR count). The van der Waals surface area contributed by atoms with Crippen LogP contribution in [0.3, 0.4) is 0 Å². The summed E-state index contributed by atoms with van der Waals surface area (Å²) in [6.07, 6.45) is 6.51. The molecule has 5 amide bonds. The highest BCUT2D eigenvalue weighted by atomic mass is 16.2. The molecule has 0 unspecified atom stereocenters. The number of fused-ring (bicyclic) bond motifs is 2. The molecule has 2 atom stereocenters. The van der Waals surface area contributed by atoms with Crippen molar-refractivity contribution in [2.24, 2.45) is 22.4 Å². The quantitative estimate of drug-likeness (QED) is 0.0726. The highest BCUT2D eigenvalue weighted by molar-refractivity contribution is 6.18. The number of aliphatic imine (C=N–C) groups is 1. The first-order valence-corrected chi connectivity index (χ1v) is 20.4. The molecule has 0 aromatic heterocycles. The van der Waals surface area contributed by atoms with Crippen LogP contribution in [0.5, 0.6) is 0 Å². The number of imide groups is 1. The Balaban J connectivity index is 0.940. The van der Waals surface area contributed by atoms with E-state index in [2.05, 4.69) is 41.0 Å². The lowest BCUT2D eigenvalue weighted by molar-refractivity contribution is -0.134. The van der Waals surface area contributed by atoms with Crippen LogP contribution in [-0.4, -0.2) is 134 Å². The maximum atomic E-state index is 13.8. The van der Waals surface area contributed by atoms with Crippen LogP contribution in [0.15, 0.2) is 53.5 Å². The minimum absolute atomic E-state index is 0.0317. The number of hydrogen-bond donors (Lipinski definition) is 6. The van der Waals surface area contributed by atoms with E-state index in [1.807, 2.05) is 42.5 Å². The Hall–Kier alpha value is -4.90. The number of hydrogen-bond acceptors (Lipinski definition) is 10. The summed E-state index contributed by atoms with van der Waals surface area (Å²) in [7, 11) is 0. The van der Waals surface area contributed by atoms with Gasteiger partial charge in [0, 0.05) is 52.7 Å². The van der Waals surface area contributed by atoms with Gasteiger partial charge < -0.3 is 32.3 Å². The van der Waals surface area contributed by atoms with Crippen LogP contribution in [0.1, 0.15) is 69.2 Å². The largest absolute Gasteiger partial charge is 0.370 e. The average molecular weight is 788 g/mol. The average Bonchev–Trinajstić information content (AvgIpc) is 3.31. The molecule has 0 bridgehead atoms. The number of carbonyl (C=O) groups is 5. The van der Waals surface area contributed by atoms with Crippen molar-refractivity contribution in [1.29, 1.82) is 0 Å². The van der Waals surface area contributed by atoms with Crippen LogP contribution in [0.25, 0.3) is 0 Å². The van der Waals surface area contributed by atoms with Gasteiger partial charge in [-0.05, 0) is 88.8 Å². The van der Waals surface area contributed by atoms with Crippen molar-refractivity contribution >= 4 is 52.6 Å². The van der Waals surface area contributed by atoms with Gasteiger partial charge in [0.15, 0.2) is 5.96 Å². The third-order valence-corrected chi connectivity index (χ3v) is 11.0. The zero-order valence-electron chi connectivity index (χ0n) is 33.5. The van der Waals surface area contributed by atoms with Gasteiger partial charge in [-0.3, -0.25) is 49.0 Å². The van der Waals surface area contributed by atoms with Crippen molar-refractivity contribution in [1.82, 2.24) is 30.7 Å². The van der Waals surface area contributed by atoms with E-state index in [4.69, 9.17) is 11.5 Å². The van der Waals surface area contributed by atoms with Crippen molar-refractivity contribution in [3.8, 4) is 0 Å². The van der Waals surface area contributed by atoms with Crippen molar-refractivity contribution in [3.63, 3.8) is 0 Å². The number of nitrogens with one attached hydrogen (secondary N) is 4. The summed E-state index contributed by atoms with van der Waals surface area (Å²) in [6.45, 7) is 12.0. The van der Waals surface area contributed by atoms with E-state index in [1.54, 1.807) is 17.9 Å². The molecule has 2 aromatic rings. The SMILES string of the molecule is CC(=O)NC(=O)[C@H](CCCN=C(N)N)NC(=O)[C@H](C)NCCN1CCN(CCCCC2CCN(CC(=O)N3c4ccccc4NC(=O)c4ccccc43)CC2)CC1. The maximum Gasteiger partial charge on any atom is 0.257 e. The molecule has 16 nitrogen and oxygen atoms in total. The van der Waals surface area contributed by atoms with Crippen LogP contribution in [0, 0.1) is 5.92 Å². The summed E-state index contributed by atoms with van der Waals surface area (Å²) in [4.78, 5) is 76.4. The number of carbonyl (C=O) groups excluding carboxylic acids is 5. The lowest BCUT2D eigenvalue weighted by Gasteiger charge is -2.35. The lowest BCUT2D eigenvalue weighted by atomic mass is 9.91. The smallest absolute Gasteiger partial charge is 0.257 e. The molecule has 2 fully saturated rings. The van der Waals surface area contributed by atoms with E-state index in [0.717, 1.165) is 65.2 Å². The molecule has 0 aliphatic carbocycles. The Morgan fingerprint density at radius 2 is 1.51 bits per heavy atom. The van der Waals surface area contributed by atoms with Crippen LogP contribution in [0.2, 0.25) is 0 Å². The minimum Gasteiger partial charge on any atom is -0.370 e. The van der Waals surface area contributed by atoms with Crippen LogP contribution in [0.4, 0.5) is 17.1 Å². The predicted octanol–water partition coefficient (Wildman–Crippen LogP) is 1.60. The second-order valence-electron chi connectivity index (χ2n) is 15.3. The Bertz CT molecular complexity index is 1720. The summed E-state index contributed by atoms with van der Waals surface area (Å²) in [5.74, 6) is -0.973. The molecule has 2 aromatic carbocycles. The number of nitrogens with two attached hydrogens (primary N) is 2. The number of piperazine rings is 1. The van der Waals surface area contributed by atoms with E-state index in [0.29, 0.717) is 54.6 Å². The maximum absolute atomic E-state index is 13.8. The lowest BCUT2D eigenvalue weighted by Crippen LogP contribution is -2.53. The second-order valence-corrected chi connectivity index (χ2v) is 15.3. The van der Waals surface area contributed by atoms with Gasteiger partial charge in [-0.1, -0.05) is 37.1 Å². The number of benzene rings is 2. The normalized spacial score (nSPS) is 17.6. The van der Waals surface area contributed by atoms with Crippen molar-refractivity contribution in [2.45, 2.75) is 70.9 Å². The van der Waals surface area contributed by atoms with Crippen LogP contribution < -0.4 is 37.6 Å². The summed E-state index contributed by atoms with van der Waals surface area (Å²) in [5, 5.41) is 11.2. The predicted molar refractivity (Wildman–Crippen MR) is 222 cm³/mol. The van der Waals surface area contributed by atoms with Gasteiger partial charge in [0.25, 0.3) is 5.91 Å². The summed E-state index contributed by atoms with van der Waals surface area (Å²) < 4.78 is 0. The zero-order chi connectivity index (χ0) is 40.7. The van der Waals surface area contributed by atoms with E-state index >= 15 is 0 Å². The van der Waals surface area contributed by atoms with Gasteiger partial charge in [-0.15, -0.1) is 0 Å². The first-order valence-electron chi connectivity index (χ1n) is 20.4. The van der Waals surface area contributed by atoms with E-state index in [-0.39, 0.29) is 30.1 Å². The molecular formula is C41H61N11O5. The highest BCUT2D eigenvalue weighted by Crippen LogP contribution is 2.38. The molecule has 2 saturated heterocycles. The molecule has 0 saturated carbocycles. The van der Waals surface area contributed by atoms with Crippen LogP contribution >= 0.6 is 0 Å². The van der Waals surface area contributed by atoms with Crippen molar-refractivity contribution < 1.29 is 24.0 Å². The second kappa shape index (κ2) is 21.6. The van der Waals surface area contributed by atoms with E-state index in [1.165, 1.54) is 26.2 Å². The summed E-state index contributed by atoms with van der Waals surface area (Å²) in [5.41, 5.74) is 13.2. The number of piperidine rings is 1. The van der Waals surface area contributed by atoms with E-state index < -0.39 is 23.9 Å². The summed E-state index contributed by atoms with van der Waals surface area (Å²) in [6, 6.07) is 13.4. The van der Waals surface area contributed by atoms with Gasteiger partial charge in [0.2, 0.25) is 23.6 Å². The van der Waals surface area contributed by atoms with Crippen LogP contribution in [-0.2, 0) is 19.2 Å². The number of amides is 5. The Morgan fingerprint density at radius 3 is 2.21 bits per heavy atom. The molecule has 310 valence electrons. The number of anilines is 3. The fourth-order valence-electron chi connectivity index (χ4n) is 7.78. The molecule has 3 aliphatic rings. The third-order valence-electron chi connectivity index (χ3n) is 11.0. The van der Waals surface area contributed by atoms with Crippen molar-refractivity contribution in [3.05, 3.63) is 54.1 Å². The van der Waals surface area contributed by atoms with Gasteiger partial charge in [0.1, 0.15) is 6.04 Å². The monoisotopic (exact) mass is 787 g/mol. The van der Waals surface area contributed by atoms with Gasteiger partial charge >= 0.3 is 0 Å². The number of unbranched alkanes of at least 4 members (excludes halogenated alkanes) is 1. The van der Waals surface area contributed by atoms with Gasteiger partial charge in [-0.25, -0.2) is 0 Å². The number of guanidine groups is 1. The molecule has 3 heterocycles. The number of nitrogens with zero attached hydrogens (tertiary/aromatic N) is 5. The molecular weight excluding hydrogens is 727 g/mol. The molecule has 16 heteroatoms. The van der Waals surface area contributed by atoms with Crippen molar-refractivity contribution in [2.75, 3.05) is 82.2 Å². The fraction of sp³-hybridized carbons (Fsp3) is 0.561. The Morgan fingerprint density at radius 1 is 0.842 bits per heavy atom. The highest BCUT2D eigenvalue weighted by Gasteiger charge is 2.31. The Kier molecular flexibility index (Phi) is 16.4. The third kappa shape index (κ3) is 13.1. The topological polar surface area (TPSA) is 211 Å². The Labute approximate surface area is 336 Å². The molecule has 57 heavy (non-hydrogen) atoms. The number of likely N-dealkylation sites (tertiary alicyclic amines) is 1. The molecule has 3 aliphatic heterocycles. The fourth-order valence-corrected chi connectivity index (χ4v) is 7.78. The van der Waals surface area contributed by atoms with Gasteiger partial charge in [0.05, 0.1) is 35.2 Å². The zero-order valence-corrected chi connectivity index (χ0v) is 33.5. The first-order chi connectivity index (χ1) is 27.5. The number of rotatable bonds is 18. The molecule has 8 N–H and O–H groups in total. The molecule has 0 spiro atoms. The van der Waals surface area contributed by atoms with Gasteiger partial charge in [-0.2, -0.15) is 0 Å². The van der Waals surface area contributed by atoms with E-state index in [9.17, 15) is 24.0 Å². The summed E-state index contributed by atoms with van der Waals surface area (Å²) >= 11 is 0. The molecule has 0 radical (unpaired) electrons. The standard InChI is InChI=1S/C41H61N11O5/c1-29(38(55)48-34(40(57)46-30(2)53)13-9-18-45-41(42)43)44-19-23-50-26-24-49(25-27-50)20-8-7-10-31-16-21-51(22-17-31)28-37(54)52-35-14-5-3-11-32(35)39(56)47-33-12-4-6-15-36(33)52/h3-6,11-12,14-15,29,31,34,44H,7-10,13,16-28H2,1-2H3,(H,47,56)(H,48,55)(H4,42,43,45)(H,46,53,57)/t29-,34-/m0/s1.